The number of benzene rings is 2. The molecule has 4 nitrogen and oxygen atoms in total. The second-order valence-electron chi connectivity index (χ2n) is 6.04. The number of para-hydroxylation sites is 1. The number of rotatable bonds is 5. The van der Waals surface area contributed by atoms with E-state index in [1.807, 2.05) is 36.5 Å². The number of hydrogen-bond donors (Lipinski definition) is 2. The molecule has 0 aliphatic carbocycles. The highest BCUT2D eigenvalue weighted by Gasteiger charge is 2.12. The summed E-state index contributed by atoms with van der Waals surface area (Å²) in [7, 11) is 0. The van der Waals surface area contributed by atoms with Crippen molar-refractivity contribution < 1.29 is 9.21 Å². The van der Waals surface area contributed by atoms with Gasteiger partial charge in [0.15, 0.2) is 5.76 Å². The third-order valence-corrected chi connectivity index (χ3v) is 4.57. The number of carbonyl (C=O) groups is 1. The molecule has 0 bridgehead atoms. The minimum atomic E-state index is -0.218. The minimum Gasteiger partial charge on any atom is -0.451 e. The molecule has 0 saturated heterocycles. The van der Waals surface area contributed by atoms with E-state index in [1.54, 1.807) is 24.3 Å². The fourth-order valence-electron chi connectivity index (χ4n) is 2.97. The van der Waals surface area contributed by atoms with Gasteiger partial charge in [-0.2, -0.15) is 0 Å². The summed E-state index contributed by atoms with van der Waals surface area (Å²) in [6.07, 6.45) is 2.74. The fourth-order valence-corrected chi connectivity index (χ4v) is 3.09. The molecule has 0 aliphatic rings. The van der Waals surface area contributed by atoms with Crippen molar-refractivity contribution in [3.8, 4) is 11.3 Å². The van der Waals surface area contributed by atoms with Crippen molar-refractivity contribution >= 4 is 28.4 Å². The molecule has 1 amide bonds. The number of halogens is 1. The van der Waals surface area contributed by atoms with E-state index in [0.29, 0.717) is 23.1 Å². The van der Waals surface area contributed by atoms with E-state index in [-0.39, 0.29) is 5.91 Å². The summed E-state index contributed by atoms with van der Waals surface area (Å²) in [5.41, 5.74) is 3.17. The minimum absolute atomic E-state index is 0.218. The molecule has 4 rings (SSSR count). The lowest BCUT2D eigenvalue weighted by molar-refractivity contribution is 0.0927. The molecule has 0 fully saturated rings. The van der Waals surface area contributed by atoms with E-state index in [4.69, 9.17) is 16.0 Å². The zero-order chi connectivity index (χ0) is 17.9. The maximum Gasteiger partial charge on any atom is 0.287 e. The van der Waals surface area contributed by atoms with Crippen LogP contribution < -0.4 is 5.32 Å². The van der Waals surface area contributed by atoms with E-state index in [2.05, 4.69) is 16.4 Å². The molecule has 2 N–H and O–H groups in total. The summed E-state index contributed by atoms with van der Waals surface area (Å²) in [5.74, 6) is 0.724. The number of amides is 1. The van der Waals surface area contributed by atoms with Crippen LogP contribution in [0.1, 0.15) is 16.1 Å². The predicted octanol–water partition coefficient (Wildman–Crippen LogP) is 5.05. The van der Waals surface area contributed by atoms with Crippen LogP contribution in [0, 0.1) is 0 Å². The Hall–Kier alpha value is -2.98. The second-order valence-corrected chi connectivity index (χ2v) is 6.47. The molecule has 0 saturated carbocycles. The number of aromatic nitrogens is 1. The van der Waals surface area contributed by atoms with Crippen molar-refractivity contribution in [2.45, 2.75) is 6.42 Å². The number of H-pyrrole nitrogens is 1. The fraction of sp³-hybridized carbons (Fsp3) is 0.0952. The van der Waals surface area contributed by atoms with Crippen molar-refractivity contribution in [1.82, 2.24) is 10.3 Å². The van der Waals surface area contributed by atoms with Gasteiger partial charge in [-0.15, -0.1) is 0 Å². The number of aromatic amines is 1. The Bertz CT molecular complexity index is 1050. The number of furan rings is 1. The summed E-state index contributed by atoms with van der Waals surface area (Å²) in [6.45, 7) is 0.539. The highest BCUT2D eigenvalue weighted by Crippen LogP contribution is 2.24. The first-order valence-corrected chi connectivity index (χ1v) is 8.77. The van der Waals surface area contributed by atoms with Gasteiger partial charge in [-0.25, -0.2) is 0 Å². The SMILES string of the molecule is O=C(NCCc1c[nH]c2ccccc12)c1ccc(-c2ccc(Cl)cc2)o1. The molecule has 0 spiro atoms. The number of nitrogens with one attached hydrogen (secondary N) is 2. The van der Waals surface area contributed by atoms with E-state index >= 15 is 0 Å². The first-order chi connectivity index (χ1) is 12.7. The van der Waals surface area contributed by atoms with E-state index < -0.39 is 0 Å². The summed E-state index contributed by atoms with van der Waals surface area (Å²) in [5, 5.41) is 4.76. The first kappa shape index (κ1) is 16.5. The van der Waals surface area contributed by atoms with E-state index in [9.17, 15) is 4.79 Å². The Balaban J connectivity index is 1.39. The molecule has 0 atom stereocenters. The molecule has 2 aromatic carbocycles. The first-order valence-electron chi connectivity index (χ1n) is 8.40. The lowest BCUT2D eigenvalue weighted by Gasteiger charge is -2.03. The van der Waals surface area contributed by atoms with Crippen LogP contribution in [0.4, 0.5) is 0 Å². The van der Waals surface area contributed by atoms with Gasteiger partial charge in [0.25, 0.3) is 5.91 Å². The molecule has 0 radical (unpaired) electrons. The highest BCUT2D eigenvalue weighted by molar-refractivity contribution is 6.30. The largest absolute Gasteiger partial charge is 0.451 e. The van der Waals surface area contributed by atoms with Crippen molar-refractivity contribution in [2.75, 3.05) is 6.54 Å². The van der Waals surface area contributed by atoms with E-state index in [0.717, 1.165) is 17.5 Å². The van der Waals surface area contributed by atoms with Crippen molar-refractivity contribution in [3.05, 3.63) is 83.2 Å². The third kappa shape index (κ3) is 3.37. The predicted molar refractivity (Wildman–Crippen MR) is 103 cm³/mol. The molecule has 0 unspecified atom stereocenters. The quantitative estimate of drug-likeness (QED) is 0.520. The van der Waals surface area contributed by atoms with Crippen LogP contribution in [0.5, 0.6) is 0 Å². The van der Waals surface area contributed by atoms with Gasteiger partial charge in [0.05, 0.1) is 0 Å². The lowest BCUT2D eigenvalue weighted by atomic mass is 10.1. The van der Waals surface area contributed by atoms with Crippen molar-refractivity contribution in [1.29, 1.82) is 0 Å². The molecular formula is C21H17ClN2O2. The summed E-state index contributed by atoms with van der Waals surface area (Å²) >= 11 is 5.89. The van der Waals surface area contributed by atoms with Gasteiger partial charge in [0.1, 0.15) is 5.76 Å². The number of carbonyl (C=O) groups excluding carboxylic acids is 1. The van der Waals surface area contributed by atoms with Crippen LogP contribution in [0.2, 0.25) is 5.02 Å². The Kier molecular flexibility index (Phi) is 4.50. The normalized spacial score (nSPS) is 11.0. The van der Waals surface area contributed by atoms with Crippen molar-refractivity contribution in [2.24, 2.45) is 0 Å². The van der Waals surface area contributed by atoms with Gasteiger partial charge in [-0.3, -0.25) is 4.79 Å². The van der Waals surface area contributed by atoms with Gasteiger partial charge < -0.3 is 14.7 Å². The van der Waals surface area contributed by atoms with Gasteiger partial charge in [-0.1, -0.05) is 29.8 Å². The van der Waals surface area contributed by atoms with Crippen LogP contribution in [0.3, 0.4) is 0 Å². The monoisotopic (exact) mass is 364 g/mol. The topological polar surface area (TPSA) is 58.0 Å². The molecule has 2 aromatic heterocycles. The molecule has 130 valence electrons. The second kappa shape index (κ2) is 7.10. The Morgan fingerprint density at radius 3 is 2.69 bits per heavy atom. The number of hydrogen-bond acceptors (Lipinski definition) is 2. The number of fused-ring (bicyclic) bond motifs is 1. The van der Waals surface area contributed by atoms with Crippen LogP contribution in [0.25, 0.3) is 22.2 Å². The molecule has 4 aromatic rings. The van der Waals surface area contributed by atoms with Gasteiger partial charge in [0.2, 0.25) is 0 Å². The molecule has 0 aliphatic heterocycles. The van der Waals surface area contributed by atoms with Gasteiger partial charge in [-0.05, 0) is 54.4 Å². The van der Waals surface area contributed by atoms with Gasteiger partial charge in [0, 0.05) is 34.2 Å². The molecule has 26 heavy (non-hydrogen) atoms. The standard InChI is InChI=1S/C21H17ClN2O2/c22-16-7-5-14(6-8-16)19-9-10-20(26-19)21(25)23-12-11-15-13-24-18-4-2-1-3-17(15)18/h1-10,13,24H,11-12H2,(H,23,25). The average Bonchev–Trinajstić information content (AvgIpc) is 3.30. The third-order valence-electron chi connectivity index (χ3n) is 4.31. The highest BCUT2D eigenvalue weighted by atomic mass is 35.5. The maximum absolute atomic E-state index is 12.3. The Morgan fingerprint density at radius 1 is 1.04 bits per heavy atom. The lowest BCUT2D eigenvalue weighted by Crippen LogP contribution is -2.25. The summed E-state index contributed by atoms with van der Waals surface area (Å²) < 4.78 is 5.67. The Labute approximate surface area is 155 Å². The smallest absolute Gasteiger partial charge is 0.287 e. The summed E-state index contributed by atoms with van der Waals surface area (Å²) in [6, 6.07) is 18.9. The zero-order valence-corrected chi connectivity index (χ0v) is 14.7. The van der Waals surface area contributed by atoms with Crippen molar-refractivity contribution in [3.63, 3.8) is 0 Å². The molecule has 5 heteroatoms. The van der Waals surface area contributed by atoms with Crippen LogP contribution in [-0.4, -0.2) is 17.4 Å². The zero-order valence-electron chi connectivity index (χ0n) is 14.0. The van der Waals surface area contributed by atoms with Crippen LogP contribution >= 0.6 is 11.6 Å². The maximum atomic E-state index is 12.3. The van der Waals surface area contributed by atoms with E-state index in [1.165, 1.54) is 10.9 Å². The van der Waals surface area contributed by atoms with Crippen LogP contribution in [-0.2, 0) is 6.42 Å². The van der Waals surface area contributed by atoms with Crippen LogP contribution in [0.15, 0.2) is 71.3 Å². The Morgan fingerprint density at radius 2 is 1.85 bits per heavy atom. The average molecular weight is 365 g/mol. The molecular weight excluding hydrogens is 348 g/mol. The molecule has 2 heterocycles. The van der Waals surface area contributed by atoms with Gasteiger partial charge >= 0.3 is 0 Å². The summed E-state index contributed by atoms with van der Waals surface area (Å²) in [4.78, 5) is 15.5.